The zero-order valence-electron chi connectivity index (χ0n) is 13.2. The molecule has 0 aliphatic rings. The number of nitrogens with zero attached hydrogens (tertiary/aromatic N) is 1. The number of carbonyl (C=O) groups excluding carboxylic acids is 1. The second-order valence-electron chi connectivity index (χ2n) is 5.13. The highest BCUT2D eigenvalue weighted by Crippen LogP contribution is 2.19. The van der Waals surface area contributed by atoms with Crippen molar-refractivity contribution in [1.29, 1.82) is 0 Å². The van der Waals surface area contributed by atoms with Gasteiger partial charge in [-0.15, -0.1) is 11.3 Å². The van der Waals surface area contributed by atoms with Crippen LogP contribution in [0.15, 0.2) is 48.0 Å². The van der Waals surface area contributed by atoms with E-state index in [0.29, 0.717) is 12.2 Å². The van der Waals surface area contributed by atoms with Crippen LogP contribution in [-0.2, 0) is 0 Å². The number of ether oxygens (including phenoxy) is 1. The number of amides is 1. The van der Waals surface area contributed by atoms with E-state index in [-0.39, 0.29) is 12.5 Å². The third kappa shape index (κ3) is 3.92. The van der Waals surface area contributed by atoms with Gasteiger partial charge in [-0.1, -0.05) is 30.0 Å². The van der Waals surface area contributed by atoms with E-state index in [2.05, 4.69) is 22.1 Å². The number of para-hydroxylation sites is 1. The fraction of sp³-hybridized carbons (Fsp3) is 0.158. The van der Waals surface area contributed by atoms with Gasteiger partial charge in [0.15, 0.2) is 0 Å². The van der Waals surface area contributed by atoms with Crippen molar-refractivity contribution in [3.05, 3.63) is 59.1 Å². The minimum atomic E-state index is -0.139. The van der Waals surface area contributed by atoms with E-state index < -0.39 is 0 Å². The van der Waals surface area contributed by atoms with Crippen molar-refractivity contribution < 1.29 is 9.53 Å². The van der Waals surface area contributed by atoms with E-state index in [1.807, 2.05) is 43.3 Å². The third-order valence-corrected chi connectivity index (χ3v) is 4.24. The normalized spacial score (nSPS) is 10.0. The highest BCUT2D eigenvalue weighted by Gasteiger charge is 2.06. The molecule has 0 saturated heterocycles. The van der Waals surface area contributed by atoms with Crippen molar-refractivity contribution >= 4 is 27.5 Å². The number of thiazole rings is 1. The SMILES string of the molecule is Cc1ccccc1OCC#CCNC(=O)c1ccc2ncsc2c1. The first-order chi connectivity index (χ1) is 11.7. The van der Waals surface area contributed by atoms with Gasteiger partial charge < -0.3 is 10.1 Å². The largest absolute Gasteiger partial charge is 0.481 e. The zero-order chi connectivity index (χ0) is 16.8. The van der Waals surface area contributed by atoms with Gasteiger partial charge in [-0.3, -0.25) is 4.79 Å². The first-order valence-electron chi connectivity index (χ1n) is 7.49. The van der Waals surface area contributed by atoms with Crippen molar-refractivity contribution in [2.75, 3.05) is 13.2 Å². The summed E-state index contributed by atoms with van der Waals surface area (Å²) in [7, 11) is 0. The molecule has 2 aromatic carbocycles. The van der Waals surface area contributed by atoms with Crippen molar-refractivity contribution in [2.45, 2.75) is 6.92 Å². The Morgan fingerprint density at radius 1 is 1.25 bits per heavy atom. The van der Waals surface area contributed by atoms with Crippen LogP contribution < -0.4 is 10.1 Å². The monoisotopic (exact) mass is 336 g/mol. The van der Waals surface area contributed by atoms with Crippen LogP contribution in [0.5, 0.6) is 5.75 Å². The second kappa shape index (κ2) is 7.62. The predicted octanol–water partition coefficient (Wildman–Crippen LogP) is 3.42. The Morgan fingerprint density at radius 2 is 2.12 bits per heavy atom. The van der Waals surface area contributed by atoms with Crippen molar-refractivity contribution in [2.24, 2.45) is 0 Å². The summed E-state index contributed by atoms with van der Waals surface area (Å²) < 4.78 is 6.58. The average Bonchev–Trinajstić information content (AvgIpc) is 3.07. The number of carbonyl (C=O) groups is 1. The topological polar surface area (TPSA) is 51.2 Å². The van der Waals surface area contributed by atoms with E-state index in [1.54, 1.807) is 11.6 Å². The Hall–Kier alpha value is -2.84. The molecule has 120 valence electrons. The Balaban J connectivity index is 1.48. The van der Waals surface area contributed by atoms with Crippen LogP contribution in [0.4, 0.5) is 0 Å². The molecule has 3 rings (SSSR count). The number of hydrogen-bond acceptors (Lipinski definition) is 4. The van der Waals surface area contributed by atoms with E-state index in [0.717, 1.165) is 21.5 Å². The molecule has 1 aromatic heterocycles. The lowest BCUT2D eigenvalue weighted by Gasteiger charge is -2.04. The molecule has 24 heavy (non-hydrogen) atoms. The number of aryl methyl sites for hydroxylation is 1. The second-order valence-corrected chi connectivity index (χ2v) is 6.01. The van der Waals surface area contributed by atoms with Crippen LogP contribution in [0.25, 0.3) is 10.2 Å². The van der Waals surface area contributed by atoms with E-state index in [1.165, 1.54) is 11.3 Å². The van der Waals surface area contributed by atoms with Gasteiger partial charge in [0, 0.05) is 5.56 Å². The molecule has 0 bridgehead atoms. The lowest BCUT2D eigenvalue weighted by Crippen LogP contribution is -2.23. The summed E-state index contributed by atoms with van der Waals surface area (Å²) >= 11 is 1.52. The third-order valence-electron chi connectivity index (χ3n) is 3.45. The molecule has 0 aliphatic heterocycles. The van der Waals surface area contributed by atoms with Crippen molar-refractivity contribution in [3.63, 3.8) is 0 Å². The highest BCUT2D eigenvalue weighted by atomic mass is 32.1. The van der Waals surface area contributed by atoms with Crippen LogP contribution in [0, 0.1) is 18.8 Å². The molecule has 0 radical (unpaired) electrons. The molecule has 3 aromatic rings. The van der Waals surface area contributed by atoms with Crippen molar-refractivity contribution in [3.8, 4) is 17.6 Å². The molecule has 1 heterocycles. The molecular weight excluding hydrogens is 320 g/mol. The van der Waals surface area contributed by atoms with Crippen LogP contribution in [0.2, 0.25) is 0 Å². The van der Waals surface area contributed by atoms with Crippen molar-refractivity contribution in [1.82, 2.24) is 10.3 Å². The summed E-state index contributed by atoms with van der Waals surface area (Å²) in [5.74, 6) is 6.48. The molecule has 1 N–H and O–H groups in total. The van der Waals surface area contributed by atoms with Gasteiger partial charge in [-0.05, 0) is 36.8 Å². The minimum Gasteiger partial charge on any atom is -0.481 e. The maximum absolute atomic E-state index is 12.1. The lowest BCUT2D eigenvalue weighted by atomic mass is 10.2. The highest BCUT2D eigenvalue weighted by molar-refractivity contribution is 7.16. The van der Waals surface area contributed by atoms with Crippen LogP contribution in [-0.4, -0.2) is 24.0 Å². The fourth-order valence-corrected chi connectivity index (χ4v) is 2.88. The van der Waals surface area contributed by atoms with Gasteiger partial charge in [-0.2, -0.15) is 0 Å². The molecule has 1 amide bonds. The lowest BCUT2D eigenvalue weighted by molar-refractivity contribution is 0.0959. The van der Waals surface area contributed by atoms with Crippen LogP contribution >= 0.6 is 11.3 Å². The quantitative estimate of drug-likeness (QED) is 0.743. The Bertz CT molecular complexity index is 922. The molecule has 4 nitrogen and oxygen atoms in total. The molecule has 0 spiro atoms. The van der Waals surface area contributed by atoms with Gasteiger partial charge in [0.2, 0.25) is 0 Å². The molecule has 0 unspecified atom stereocenters. The van der Waals surface area contributed by atoms with Crippen LogP contribution in [0.3, 0.4) is 0 Å². The van der Waals surface area contributed by atoms with Crippen LogP contribution in [0.1, 0.15) is 15.9 Å². The molecule has 0 aliphatic carbocycles. The Morgan fingerprint density at radius 3 is 3.00 bits per heavy atom. The van der Waals surface area contributed by atoms with E-state index in [4.69, 9.17) is 4.74 Å². The predicted molar refractivity (Wildman–Crippen MR) is 96.4 cm³/mol. The van der Waals surface area contributed by atoms with Gasteiger partial charge >= 0.3 is 0 Å². The summed E-state index contributed by atoms with van der Waals surface area (Å²) in [5.41, 5.74) is 4.37. The number of rotatable bonds is 4. The summed E-state index contributed by atoms with van der Waals surface area (Å²) in [4.78, 5) is 16.3. The zero-order valence-corrected chi connectivity index (χ0v) is 14.0. The molecule has 0 saturated carbocycles. The fourth-order valence-electron chi connectivity index (χ4n) is 2.17. The maximum Gasteiger partial charge on any atom is 0.252 e. The average molecular weight is 336 g/mol. The maximum atomic E-state index is 12.1. The number of nitrogens with one attached hydrogen (secondary N) is 1. The smallest absolute Gasteiger partial charge is 0.252 e. The summed E-state index contributed by atoms with van der Waals surface area (Å²) in [6.45, 7) is 2.58. The summed E-state index contributed by atoms with van der Waals surface area (Å²) in [6, 6.07) is 13.3. The van der Waals surface area contributed by atoms with Gasteiger partial charge in [0.05, 0.1) is 22.3 Å². The minimum absolute atomic E-state index is 0.139. The number of benzene rings is 2. The molecular formula is C19H16N2O2S. The molecule has 0 atom stereocenters. The Labute approximate surface area is 144 Å². The number of hydrogen-bond donors (Lipinski definition) is 1. The Kier molecular flexibility index (Phi) is 5.09. The van der Waals surface area contributed by atoms with Gasteiger partial charge in [-0.25, -0.2) is 4.98 Å². The first kappa shape index (κ1) is 16.0. The molecule has 0 fully saturated rings. The number of aromatic nitrogens is 1. The summed E-state index contributed by atoms with van der Waals surface area (Å²) in [6.07, 6.45) is 0. The van der Waals surface area contributed by atoms with Gasteiger partial charge in [0.1, 0.15) is 12.4 Å². The number of fused-ring (bicyclic) bond motifs is 1. The van der Waals surface area contributed by atoms with E-state index >= 15 is 0 Å². The molecule has 5 heteroatoms. The standard InChI is InChI=1S/C19H16N2O2S/c1-14-6-2-3-7-17(14)23-11-5-4-10-20-19(22)15-8-9-16-18(12-15)24-13-21-16/h2-3,6-9,12-13H,10-11H2,1H3,(H,20,22). The summed E-state index contributed by atoms with van der Waals surface area (Å²) in [5, 5.41) is 2.78. The first-order valence-corrected chi connectivity index (χ1v) is 8.37. The van der Waals surface area contributed by atoms with Gasteiger partial charge in [0.25, 0.3) is 5.91 Å². The van der Waals surface area contributed by atoms with E-state index in [9.17, 15) is 4.79 Å².